The molecule has 0 aromatic heterocycles. The molecule has 2 aromatic rings. The number of nitrogens with one attached hydrogen (secondary N) is 1. The normalized spacial score (nSPS) is 18.8. The van der Waals surface area contributed by atoms with Crippen LogP contribution in [0.3, 0.4) is 0 Å². The molecular weight excluding hydrogens is 249 g/mol. The number of rotatable bonds is 4. The van der Waals surface area contributed by atoms with E-state index < -0.39 is 0 Å². The maximum absolute atomic E-state index is 14.2. The van der Waals surface area contributed by atoms with Gasteiger partial charge < -0.3 is 5.32 Å². The molecular formula is C18H20FN. The highest BCUT2D eigenvalue weighted by Gasteiger charge is 2.31. The second-order valence-electron chi connectivity index (χ2n) is 5.40. The fraction of sp³-hybridized carbons (Fsp3) is 0.333. The number of fused-ring (bicyclic) bond motifs is 1. The van der Waals surface area contributed by atoms with Crippen LogP contribution < -0.4 is 5.32 Å². The SMILES string of the molecule is CCNC(c1ccccc1F)C1CCc2ccccc21. The summed E-state index contributed by atoms with van der Waals surface area (Å²) >= 11 is 0. The monoisotopic (exact) mass is 269 g/mol. The summed E-state index contributed by atoms with van der Waals surface area (Å²) in [4.78, 5) is 0. The van der Waals surface area contributed by atoms with Crippen LogP contribution in [0.4, 0.5) is 4.39 Å². The average molecular weight is 269 g/mol. The van der Waals surface area contributed by atoms with Gasteiger partial charge in [-0.2, -0.15) is 0 Å². The van der Waals surface area contributed by atoms with Crippen LogP contribution in [0.15, 0.2) is 48.5 Å². The minimum atomic E-state index is -0.108. The predicted octanol–water partition coefficient (Wildman–Crippen LogP) is 4.21. The summed E-state index contributed by atoms with van der Waals surface area (Å²) in [7, 11) is 0. The van der Waals surface area contributed by atoms with Crippen molar-refractivity contribution in [3.63, 3.8) is 0 Å². The lowest BCUT2D eigenvalue weighted by Crippen LogP contribution is -2.27. The second-order valence-corrected chi connectivity index (χ2v) is 5.40. The van der Waals surface area contributed by atoms with E-state index in [4.69, 9.17) is 0 Å². The first-order valence-electron chi connectivity index (χ1n) is 7.37. The average Bonchev–Trinajstić information content (AvgIpc) is 2.90. The zero-order valence-corrected chi connectivity index (χ0v) is 11.8. The van der Waals surface area contributed by atoms with E-state index in [2.05, 4.69) is 36.5 Å². The van der Waals surface area contributed by atoms with Crippen LogP contribution in [0.1, 0.15) is 42.0 Å². The second kappa shape index (κ2) is 5.76. The highest BCUT2D eigenvalue weighted by atomic mass is 19.1. The van der Waals surface area contributed by atoms with E-state index in [0.717, 1.165) is 24.9 Å². The number of likely N-dealkylation sites (N-methyl/N-ethyl adjacent to an activating group) is 1. The quantitative estimate of drug-likeness (QED) is 0.877. The predicted molar refractivity (Wildman–Crippen MR) is 80.3 cm³/mol. The molecule has 2 heteroatoms. The van der Waals surface area contributed by atoms with E-state index in [9.17, 15) is 4.39 Å². The summed E-state index contributed by atoms with van der Waals surface area (Å²) in [5, 5.41) is 3.48. The van der Waals surface area contributed by atoms with Gasteiger partial charge >= 0.3 is 0 Å². The van der Waals surface area contributed by atoms with Gasteiger partial charge in [-0.25, -0.2) is 4.39 Å². The van der Waals surface area contributed by atoms with Crippen molar-refractivity contribution in [2.45, 2.75) is 31.7 Å². The first kappa shape index (κ1) is 13.3. The van der Waals surface area contributed by atoms with E-state index >= 15 is 0 Å². The van der Waals surface area contributed by atoms with Gasteiger partial charge in [-0.3, -0.25) is 0 Å². The molecule has 0 bridgehead atoms. The summed E-state index contributed by atoms with van der Waals surface area (Å²) < 4.78 is 14.2. The van der Waals surface area contributed by atoms with Gasteiger partial charge in [-0.05, 0) is 36.6 Å². The van der Waals surface area contributed by atoms with Crippen molar-refractivity contribution in [2.24, 2.45) is 0 Å². The molecule has 0 fully saturated rings. The van der Waals surface area contributed by atoms with Crippen molar-refractivity contribution >= 4 is 0 Å². The third-order valence-corrected chi connectivity index (χ3v) is 4.25. The van der Waals surface area contributed by atoms with Crippen molar-refractivity contribution in [1.82, 2.24) is 5.32 Å². The van der Waals surface area contributed by atoms with Gasteiger partial charge in [0.2, 0.25) is 0 Å². The van der Waals surface area contributed by atoms with E-state index in [1.807, 2.05) is 12.1 Å². The van der Waals surface area contributed by atoms with Crippen LogP contribution >= 0.6 is 0 Å². The highest BCUT2D eigenvalue weighted by molar-refractivity contribution is 5.38. The van der Waals surface area contributed by atoms with Gasteiger partial charge in [-0.1, -0.05) is 49.4 Å². The Morgan fingerprint density at radius 1 is 1.15 bits per heavy atom. The van der Waals surface area contributed by atoms with Gasteiger partial charge in [0.15, 0.2) is 0 Å². The van der Waals surface area contributed by atoms with E-state index in [0.29, 0.717) is 5.92 Å². The Morgan fingerprint density at radius 3 is 2.70 bits per heavy atom. The third-order valence-electron chi connectivity index (χ3n) is 4.25. The summed E-state index contributed by atoms with van der Waals surface area (Å²) in [5.41, 5.74) is 3.58. The molecule has 0 amide bonds. The van der Waals surface area contributed by atoms with E-state index in [1.165, 1.54) is 11.1 Å². The van der Waals surface area contributed by atoms with Crippen LogP contribution in [0.5, 0.6) is 0 Å². The highest BCUT2D eigenvalue weighted by Crippen LogP contribution is 2.42. The van der Waals surface area contributed by atoms with Crippen molar-refractivity contribution in [2.75, 3.05) is 6.54 Å². The van der Waals surface area contributed by atoms with E-state index in [-0.39, 0.29) is 11.9 Å². The lowest BCUT2D eigenvalue weighted by molar-refractivity contribution is 0.434. The van der Waals surface area contributed by atoms with Crippen LogP contribution in [-0.4, -0.2) is 6.54 Å². The van der Waals surface area contributed by atoms with Gasteiger partial charge in [0.05, 0.1) is 0 Å². The Labute approximate surface area is 119 Å². The lowest BCUT2D eigenvalue weighted by Gasteiger charge is -2.26. The molecule has 0 radical (unpaired) electrons. The fourth-order valence-corrected chi connectivity index (χ4v) is 3.35. The zero-order valence-electron chi connectivity index (χ0n) is 11.8. The van der Waals surface area contributed by atoms with Crippen molar-refractivity contribution < 1.29 is 4.39 Å². The van der Waals surface area contributed by atoms with Crippen molar-refractivity contribution in [3.8, 4) is 0 Å². The molecule has 3 rings (SSSR count). The molecule has 104 valence electrons. The first-order valence-corrected chi connectivity index (χ1v) is 7.37. The zero-order chi connectivity index (χ0) is 13.9. The molecule has 2 aromatic carbocycles. The van der Waals surface area contributed by atoms with E-state index in [1.54, 1.807) is 12.1 Å². The standard InChI is InChI=1S/C18H20FN/c1-2-20-18(16-9-5-6-10-17(16)19)15-12-11-13-7-3-4-8-14(13)15/h3-10,15,18,20H,2,11-12H2,1H3. The lowest BCUT2D eigenvalue weighted by atomic mass is 9.88. The van der Waals surface area contributed by atoms with Crippen LogP contribution in [0.2, 0.25) is 0 Å². The molecule has 0 spiro atoms. The molecule has 1 N–H and O–H groups in total. The molecule has 20 heavy (non-hydrogen) atoms. The van der Waals surface area contributed by atoms with Crippen LogP contribution in [0.25, 0.3) is 0 Å². The van der Waals surface area contributed by atoms with Crippen molar-refractivity contribution in [1.29, 1.82) is 0 Å². The summed E-state index contributed by atoms with van der Waals surface area (Å²) in [6.45, 7) is 2.92. The number of aryl methyl sites for hydroxylation is 1. The summed E-state index contributed by atoms with van der Waals surface area (Å²) in [6.07, 6.45) is 2.18. The molecule has 2 unspecified atom stereocenters. The molecule has 0 heterocycles. The van der Waals surface area contributed by atoms with Crippen LogP contribution in [0, 0.1) is 5.82 Å². The molecule has 2 atom stereocenters. The number of benzene rings is 2. The van der Waals surface area contributed by atoms with Crippen LogP contribution in [-0.2, 0) is 6.42 Å². The van der Waals surface area contributed by atoms with Gasteiger partial charge in [0.1, 0.15) is 5.82 Å². The molecule has 1 aliphatic carbocycles. The molecule has 1 nitrogen and oxygen atoms in total. The number of hydrogen-bond donors (Lipinski definition) is 1. The Hall–Kier alpha value is -1.67. The number of hydrogen-bond acceptors (Lipinski definition) is 1. The largest absolute Gasteiger partial charge is 0.310 e. The third kappa shape index (κ3) is 2.36. The Balaban J connectivity index is 1.99. The topological polar surface area (TPSA) is 12.0 Å². The molecule has 0 saturated heterocycles. The summed E-state index contributed by atoms with van der Waals surface area (Å²) in [6, 6.07) is 15.8. The van der Waals surface area contributed by atoms with Gasteiger partial charge in [0.25, 0.3) is 0 Å². The Morgan fingerprint density at radius 2 is 1.90 bits per heavy atom. The minimum absolute atomic E-state index is 0.0600. The van der Waals surface area contributed by atoms with Crippen molar-refractivity contribution in [3.05, 3.63) is 71.0 Å². The smallest absolute Gasteiger partial charge is 0.128 e. The Bertz CT molecular complexity index is 593. The molecule has 0 aliphatic heterocycles. The Kier molecular flexibility index (Phi) is 3.83. The minimum Gasteiger partial charge on any atom is -0.310 e. The molecule has 1 aliphatic rings. The molecule has 0 saturated carbocycles. The maximum Gasteiger partial charge on any atom is 0.128 e. The fourth-order valence-electron chi connectivity index (χ4n) is 3.35. The first-order chi connectivity index (χ1) is 9.81. The van der Waals surface area contributed by atoms with Gasteiger partial charge in [-0.15, -0.1) is 0 Å². The number of halogens is 1. The van der Waals surface area contributed by atoms with Gasteiger partial charge in [0, 0.05) is 17.5 Å². The summed E-state index contributed by atoms with van der Waals surface area (Å²) in [5.74, 6) is 0.255. The maximum atomic E-state index is 14.2.